The molecular weight excluding hydrogens is 449 g/mol. The fourth-order valence-corrected chi connectivity index (χ4v) is 4.92. The molecule has 0 saturated carbocycles. The first kappa shape index (κ1) is 20.1. The SMILES string of the molecule is Cc1cc(Cl)cc2sc(N(Cc3ccccn3)C(=O)c3cc(Cl)cc(Cl)c3)nc12. The lowest BCUT2D eigenvalue weighted by molar-refractivity contribution is 0.0985. The summed E-state index contributed by atoms with van der Waals surface area (Å²) in [6.45, 7) is 2.20. The Labute approximate surface area is 186 Å². The number of amides is 1. The summed E-state index contributed by atoms with van der Waals surface area (Å²) in [5, 5.41) is 1.97. The van der Waals surface area contributed by atoms with E-state index in [9.17, 15) is 4.79 Å². The predicted octanol–water partition coefficient (Wildman–Crippen LogP) is 6.81. The van der Waals surface area contributed by atoms with Crippen molar-refractivity contribution >= 4 is 67.4 Å². The number of fused-ring (bicyclic) bond motifs is 1. The summed E-state index contributed by atoms with van der Waals surface area (Å²) in [5.74, 6) is -0.261. The average Bonchev–Trinajstić information content (AvgIpc) is 3.09. The summed E-state index contributed by atoms with van der Waals surface area (Å²) in [5.41, 5.74) is 2.89. The molecule has 2 aromatic heterocycles. The second-order valence-electron chi connectivity index (χ2n) is 6.44. The molecule has 0 aliphatic carbocycles. The van der Waals surface area contributed by atoms with E-state index < -0.39 is 0 Å². The number of halogens is 3. The van der Waals surface area contributed by atoms with Gasteiger partial charge in [0.25, 0.3) is 5.91 Å². The Bertz CT molecular complexity index is 1190. The molecule has 1 amide bonds. The minimum atomic E-state index is -0.261. The molecule has 0 saturated heterocycles. The second-order valence-corrected chi connectivity index (χ2v) is 8.75. The zero-order valence-corrected chi connectivity index (χ0v) is 18.3. The number of benzene rings is 2. The third-order valence-electron chi connectivity index (χ3n) is 4.27. The van der Waals surface area contributed by atoms with E-state index in [1.54, 1.807) is 29.3 Å². The molecular formula is C21H14Cl3N3OS. The molecule has 8 heteroatoms. The van der Waals surface area contributed by atoms with Gasteiger partial charge in [0.1, 0.15) is 0 Å². The third-order valence-corrected chi connectivity index (χ3v) is 5.95. The van der Waals surface area contributed by atoms with Crippen molar-refractivity contribution < 1.29 is 4.79 Å². The molecule has 2 aromatic carbocycles. The quantitative estimate of drug-likeness (QED) is 0.335. The Hall–Kier alpha value is -2.18. The van der Waals surface area contributed by atoms with Gasteiger partial charge in [-0.2, -0.15) is 0 Å². The monoisotopic (exact) mass is 461 g/mol. The fraction of sp³-hybridized carbons (Fsp3) is 0.0952. The Kier molecular flexibility index (Phi) is 5.74. The normalized spacial score (nSPS) is 11.0. The molecule has 0 unspecified atom stereocenters. The van der Waals surface area contributed by atoms with E-state index in [-0.39, 0.29) is 12.5 Å². The van der Waals surface area contributed by atoms with E-state index >= 15 is 0 Å². The van der Waals surface area contributed by atoms with Crippen LogP contribution in [0.3, 0.4) is 0 Å². The molecule has 0 N–H and O–H groups in total. The number of rotatable bonds is 4. The van der Waals surface area contributed by atoms with Crippen LogP contribution in [0.15, 0.2) is 54.7 Å². The van der Waals surface area contributed by atoms with Gasteiger partial charge in [0.15, 0.2) is 5.13 Å². The number of hydrogen-bond donors (Lipinski definition) is 0. The third kappa shape index (κ3) is 4.38. The van der Waals surface area contributed by atoms with Crippen LogP contribution in [0.5, 0.6) is 0 Å². The van der Waals surface area contributed by atoms with Gasteiger partial charge in [0, 0.05) is 26.8 Å². The first-order valence-corrected chi connectivity index (χ1v) is 10.6. The molecule has 0 bridgehead atoms. The van der Waals surface area contributed by atoms with Crippen molar-refractivity contribution in [3.05, 3.63) is 86.6 Å². The summed E-state index contributed by atoms with van der Waals surface area (Å²) in [6, 6.07) is 14.1. The first-order chi connectivity index (χ1) is 13.9. The van der Waals surface area contributed by atoms with Gasteiger partial charge in [-0.25, -0.2) is 4.98 Å². The van der Waals surface area contributed by atoms with Gasteiger partial charge in [0.2, 0.25) is 0 Å². The number of carbonyl (C=O) groups is 1. The van der Waals surface area contributed by atoms with Crippen LogP contribution in [0.2, 0.25) is 15.1 Å². The molecule has 4 nitrogen and oxygen atoms in total. The smallest absolute Gasteiger partial charge is 0.260 e. The number of carbonyl (C=O) groups excluding carboxylic acids is 1. The highest BCUT2D eigenvalue weighted by molar-refractivity contribution is 7.22. The topological polar surface area (TPSA) is 46.1 Å². The molecule has 0 aliphatic heterocycles. The van der Waals surface area contributed by atoms with E-state index in [4.69, 9.17) is 39.8 Å². The van der Waals surface area contributed by atoms with Crippen LogP contribution in [0.4, 0.5) is 5.13 Å². The predicted molar refractivity (Wildman–Crippen MR) is 121 cm³/mol. The van der Waals surface area contributed by atoms with Crippen LogP contribution >= 0.6 is 46.1 Å². The number of pyridine rings is 1. The van der Waals surface area contributed by atoms with Crippen molar-refractivity contribution in [1.29, 1.82) is 0 Å². The van der Waals surface area contributed by atoms with Crippen LogP contribution in [-0.4, -0.2) is 15.9 Å². The van der Waals surface area contributed by atoms with Crippen LogP contribution < -0.4 is 4.90 Å². The maximum Gasteiger partial charge on any atom is 0.260 e. The van der Waals surface area contributed by atoms with Crippen LogP contribution in [0.1, 0.15) is 21.6 Å². The number of nitrogens with zero attached hydrogens (tertiary/aromatic N) is 3. The Morgan fingerprint density at radius 1 is 1.03 bits per heavy atom. The second kappa shape index (κ2) is 8.28. The zero-order valence-electron chi connectivity index (χ0n) is 15.2. The van der Waals surface area contributed by atoms with Gasteiger partial charge in [-0.15, -0.1) is 0 Å². The maximum atomic E-state index is 13.4. The Balaban J connectivity index is 1.82. The van der Waals surface area contributed by atoms with Gasteiger partial charge < -0.3 is 0 Å². The van der Waals surface area contributed by atoms with E-state index in [1.807, 2.05) is 37.3 Å². The van der Waals surface area contributed by atoms with Crippen molar-refractivity contribution in [2.75, 3.05) is 4.90 Å². The molecule has 0 spiro atoms. The van der Waals surface area contributed by atoms with E-state index in [1.165, 1.54) is 11.3 Å². The number of thiazole rings is 1. The number of aryl methyl sites for hydroxylation is 1. The summed E-state index contributed by atoms with van der Waals surface area (Å²) >= 11 is 19.8. The highest BCUT2D eigenvalue weighted by Gasteiger charge is 2.23. The standard InChI is InChI=1S/C21H14Cl3N3OS/c1-12-6-14(22)10-18-19(12)26-21(29-18)27(11-17-4-2-3-5-25-17)20(28)13-7-15(23)9-16(24)8-13/h2-10H,11H2,1H3. The van der Waals surface area contributed by atoms with Gasteiger partial charge in [0.05, 0.1) is 22.5 Å². The lowest BCUT2D eigenvalue weighted by Crippen LogP contribution is -2.30. The van der Waals surface area contributed by atoms with E-state index in [0.29, 0.717) is 25.8 Å². The first-order valence-electron chi connectivity index (χ1n) is 8.65. The van der Waals surface area contributed by atoms with E-state index in [2.05, 4.69) is 4.98 Å². The van der Waals surface area contributed by atoms with Crippen molar-refractivity contribution in [3.63, 3.8) is 0 Å². The van der Waals surface area contributed by atoms with Crippen LogP contribution in [0, 0.1) is 6.92 Å². The van der Waals surface area contributed by atoms with Gasteiger partial charge in [-0.1, -0.05) is 52.2 Å². The molecule has 4 aromatic rings. The molecule has 0 fully saturated rings. The van der Waals surface area contributed by atoms with Gasteiger partial charge in [-0.05, 0) is 55.0 Å². The highest BCUT2D eigenvalue weighted by Crippen LogP contribution is 2.34. The van der Waals surface area contributed by atoms with Crippen molar-refractivity contribution in [3.8, 4) is 0 Å². The minimum absolute atomic E-state index is 0.260. The lowest BCUT2D eigenvalue weighted by Gasteiger charge is -2.20. The molecule has 0 radical (unpaired) electrons. The zero-order chi connectivity index (χ0) is 20.5. The van der Waals surface area contributed by atoms with Crippen molar-refractivity contribution in [2.45, 2.75) is 13.5 Å². The van der Waals surface area contributed by atoms with Gasteiger partial charge >= 0.3 is 0 Å². The van der Waals surface area contributed by atoms with Crippen molar-refractivity contribution in [1.82, 2.24) is 9.97 Å². The number of anilines is 1. The van der Waals surface area contributed by atoms with E-state index in [0.717, 1.165) is 21.5 Å². The summed E-state index contributed by atoms with van der Waals surface area (Å²) in [6.07, 6.45) is 1.69. The minimum Gasteiger partial charge on any atom is -0.278 e. The van der Waals surface area contributed by atoms with Crippen LogP contribution in [0.25, 0.3) is 10.2 Å². The molecule has 146 valence electrons. The highest BCUT2D eigenvalue weighted by atomic mass is 35.5. The Morgan fingerprint density at radius 3 is 2.45 bits per heavy atom. The summed E-state index contributed by atoms with van der Waals surface area (Å²) in [7, 11) is 0. The molecule has 2 heterocycles. The molecule has 0 atom stereocenters. The number of aromatic nitrogens is 2. The summed E-state index contributed by atoms with van der Waals surface area (Å²) in [4.78, 5) is 24.1. The maximum absolute atomic E-state index is 13.4. The largest absolute Gasteiger partial charge is 0.278 e. The Morgan fingerprint density at radius 2 is 1.76 bits per heavy atom. The van der Waals surface area contributed by atoms with Crippen molar-refractivity contribution in [2.24, 2.45) is 0 Å². The molecule has 4 rings (SSSR count). The lowest BCUT2D eigenvalue weighted by atomic mass is 10.2. The van der Waals surface area contributed by atoms with Gasteiger partial charge in [-0.3, -0.25) is 14.7 Å². The average molecular weight is 463 g/mol. The van der Waals surface area contributed by atoms with Crippen LogP contribution in [-0.2, 0) is 6.54 Å². The fourth-order valence-electron chi connectivity index (χ4n) is 2.97. The summed E-state index contributed by atoms with van der Waals surface area (Å²) < 4.78 is 0.910. The number of hydrogen-bond acceptors (Lipinski definition) is 4. The molecule has 0 aliphatic rings. The molecule has 29 heavy (non-hydrogen) atoms.